The molecule has 1 saturated heterocycles. The van der Waals surface area contributed by atoms with E-state index >= 15 is 0 Å². The molecule has 1 fully saturated rings. The van der Waals surface area contributed by atoms with Gasteiger partial charge in [0.2, 0.25) is 0 Å². The number of benzene rings is 1. The second-order valence-electron chi connectivity index (χ2n) is 4.81. The Morgan fingerprint density at radius 1 is 1.39 bits per heavy atom. The van der Waals surface area contributed by atoms with Crippen LogP contribution in [0.2, 0.25) is 0 Å². The molecule has 0 amide bonds. The molecule has 0 saturated carbocycles. The van der Waals surface area contributed by atoms with Gasteiger partial charge in [-0.1, -0.05) is 0 Å². The fourth-order valence-corrected chi connectivity index (χ4v) is 2.90. The van der Waals surface area contributed by atoms with E-state index in [0.717, 1.165) is 13.1 Å². The van der Waals surface area contributed by atoms with Crippen LogP contribution in [0.4, 0.5) is 4.39 Å². The molecule has 1 N–H and O–H groups in total. The molecule has 0 unspecified atom stereocenters. The maximum Gasteiger partial charge on any atom is 0.168 e. The lowest BCUT2D eigenvalue weighted by molar-refractivity contribution is -0.0206. The number of methoxy groups -OCH3 is 1. The number of hydrogen-bond donors (Lipinski definition) is 1. The third-order valence-corrected chi connectivity index (χ3v) is 4.14. The molecule has 0 aromatic heterocycles. The highest BCUT2D eigenvalue weighted by Gasteiger charge is 2.34. The quantitative estimate of drug-likeness (QED) is 0.909. The molecule has 1 aromatic rings. The van der Waals surface area contributed by atoms with Crippen LogP contribution in [0.3, 0.4) is 0 Å². The van der Waals surface area contributed by atoms with Crippen molar-refractivity contribution in [1.82, 2.24) is 4.90 Å². The molecule has 0 bridgehead atoms. The first-order valence-electron chi connectivity index (χ1n) is 5.91. The molecule has 1 aromatic carbocycles. The van der Waals surface area contributed by atoms with Gasteiger partial charge in [-0.05, 0) is 53.5 Å². The van der Waals surface area contributed by atoms with Gasteiger partial charge in [-0.15, -0.1) is 0 Å². The normalized spacial score (nSPS) is 19.8. The van der Waals surface area contributed by atoms with E-state index in [-0.39, 0.29) is 5.75 Å². The first kappa shape index (κ1) is 13.8. The summed E-state index contributed by atoms with van der Waals surface area (Å²) in [6.07, 6.45) is 1.23. The lowest BCUT2D eigenvalue weighted by Gasteiger charge is -2.37. The van der Waals surface area contributed by atoms with Crippen molar-refractivity contribution in [3.63, 3.8) is 0 Å². The van der Waals surface area contributed by atoms with E-state index < -0.39 is 11.4 Å². The number of aliphatic hydroxyl groups is 1. The molecule has 0 radical (unpaired) electrons. The first-order valence-corrected chi connectivity index (χ1v) is 6.70. The molecular weight excluding hydrogens is 301 g/mol. The van der Waals surface area contributed by atoms with E-state index in [1.165, 1.54) is 13.2 Å². The fourth-order valence-electron chi connectivity index (χ4n) is 2.30. The van der Waals surface area contributed by atoms with Gasteiger partial charge < -0.3 is 14.7 Å². The molecule has 0 aliphatic carbocycles. The maximum absolute atomic E-state index is 13.8. The Morgan fingerprint density at radius 3 is 2.50 bits per heavy atom. The molecule has 1 aliphatic heterocycles. The van der Waals surface area contributed by atoms with Gasteiger partial charge in [-0.3, -0.25) is 0 Å². The molecule has 3 nitrogen and oxygen atoms in total. The number of piperidine rings is 1. The summed E-state index contributed by atoms with van der Waals surface area (Å²) in [4.78, 5) is 2.16. The molecule has 18 heavy (non-hydrogen) atoms. The van der Waals surface area contributed by atoms with Crippen LogP contribution >= 0.6 is 15.9 Å². The van der Waals surface area contributed by atoms with Crippen LogP contribution in [0.25, 0.3) is 0 Å². The van der Waals surface area contributed by atoms with Gasteiger partial charge in [0.1, 0.15) is 0 Å². The predicted octanol–water partition coefficient (Wildman–Crippen LogP) is 2.51. The Kier molecular flexibility index (Phi) is 3.94. The third-order valence-electron chi connectivity index (χ3n) is 3.55. The van der Waals surface area contributed by atoms with Crippen LogP contribution in [-0.2, 0) is 5.60 Å². The van der Waals surface area contributed by atoms with Crippen molar-refractivity contribution in [2.45, 2.75) is 18.4 Å². The van der Waals surface area contributed by atoms with Crippen LogP contribution in [0, 0.1) is 5.82 Å². The Morgan fingerprint density at radius 2 is 2.00 bits per heavy atom. The Balaban J connectivity index is 2.34. The molecule has 100 valence electrons. The van der Waals surface area contributed by atoms with Crippen molar-refractivity contribution in [3.8, 4) is 5.75 Å². The van der Waals surface area contributed by atoms with Gasteiger partial charge in [0, 0.05) is 13.1 Å². The number of hydrogen-bond acceptors (Lipinski definition) is 3. The Labute approximate surface area is 115 Å². The topological polar surface area (TPSA) is 32.7 Å². The van der Waals surface area contributed by atoms with E-state index in [0.29, 0.717) is 22.9 Å². The highest BCUT2D eigenvalue weighted by atomic mass is 79.9. The fraction of sp³-hybridized carbons (Fsp3) is 0.538. The average Bonchev–Trinajstić information content (AvgIpc) is 2.33. The van der Waals surface area contributed by atoms with Crippen molar-refractivity contribution < 1.29 is 14.2 Å². The third kappa shape index (κ3) is 2.53. The first-order chi connectivity index (χ1) is 8.46. The number of nitrogens with zero attached hydrogens (tertiary/aromatic N) is 1. The van der Waals surface area contributed by atoms with E-state index in [4.69, 9.17) is 4.74 Å². The van der Waals surface area contributed by atoms with Crippen LogP contribution in [0.15, 0.2) is 16.6 Å². The van der Waals surface area contributed by atoms with Gasteiger partial charge in [0.15, 0.2) is 11.6 Å². The number of halogens is 2. The maximum atomic E-state index is 13.8. The highest BCUT2D eigenvalue weighted by molar-refractivity contribution is 9.10. The molecule has 2 rings (SSSR count). The minimum atomic E-state index is -0.942. The highest BCUT2D eigenvalue weighted by Crippen LogP contribution is 2.37. The van der Waals surface area contributed by atoms with Crippen molar-refractivity contribution in [1.29, 1.82) is 0 Å². The summed E-state index contributed by atoms with van der Waals surface area (Å²) in [6, 6.07) is 3.11. The van der Waals surface area contributed by atoms with Crippen LogP contribution in [0.1, 0.15) is 18.4 Å². The second-order valence-corrected chi connectivity index (χ2v) is 5.66. The van der Waals surface area contributed by atoms with E-state index in [9.17, 15) is 9.50 Å². The zero-order chi connectivity index (χ0) is 13.3. The number of rotatable bonds is 2. The van der Waals surface area contributed by atoms with Gasteiger partial charge in [0.05, 0.1) is 17.2 Å². The van der Waals surface area contributed by atoms with Crippen molar-refractivity contribution in [2.24, 2.45) is 0 Å². The standard InChI is InChI=1S/C13H17BrFNO2/c1-16-5-3-13(17,4-6-16)9-7-10(14)12(18-2)11(15)8-9/h7-8,17H,3-6H2,1-2H3. The van der Waals surface area contributed by atoms with Gasteiger partial charge >= 0.3 is 0 Å². The summed E-state index contributed by atoms with van der Waals surface area (Å²) in [5.41, 5.74) is -0.330. The predicted molar refractivity (Wildman–Crippen MR) is 71.3 cm³/mol. The monoisotopic (exact) mass is 317 g/mol. The summed E-state index contributed by atoms with van der Waals surface area (Å²) in [6.45, 7) is 1.61. The van der Waals surface area contributed by atoms with E-state index in [1.807, 2.05) is 7.05 Å². The molecule has 1 heterocycles. The SMILES string of the molecule is COc1c(F)cc(C2(O)CCN(C)CC2)cc1Br. The largest absolute Gasteiger partial charge is 0.492 e. The lowest BCUT2D eigenvalue weighted by Crippen LogP contribution is -2.40. The zero-order valence-electron chi connectivity index (χ0n) is 10.5. The molecule has 0 spiro atoms. The molecule has 5 heteroatoms. The molecule has 1 aliphatic rings. The second kappa shape index (κ2) is 5.15. The average molecular weight is 318 g/mol. The summed E-state index contributed by atoms with van der Waals surface area (Å²) < 4.78 is 19.3. The Hall–Kier alpha value is -0.650. The van der Waals surface area contributed by atoms with E-state index in [1.54, 1.807) is 6.07 Å². The summed E-state index contributed by atoms with van der Waals surface area (Å²) in [7, 11) is 3.44. The lowest BCUT2D eigenvalue weighted by atomic mass is 9.84. The van der Waals surface area contributed by atoms with Gasteiger partial charge in [-0.2, -0.15) is 0 Å². The zero-order valence-corrected chi connectivity index (χ0v) is 12.1. The summed E-state index contributed by atoms with van der Waals surface area (Å²) in [5, 5.41) is 10.6. The van der Waals surface area contributed by atoms with Crippen LogP contribution < -0.4 is 4.74 Å². The van der Waals surface area contributed by atoms with Crippen molar-refractivity contribution in [2.75, 3.05) is 27.2 Å². The summed E-state index contributed by atoms with van der Waals surface area (Å²) >= 11 is 3.27. The van der Waals surface area contributed by atoms with Crippen molar-refractivity contribution in [3.05, 3.63) is 28.0 Å². The van der Waals surface area contributed by atoms with Crippen molar-refractivity contribution >= 4 is 15.9 Å². The van der Waals surface area contributed by atoms with Crippen LogP contribution in [-0.4, -0.2) is 37.3 Å². The molecular formula is C13H17BrFNO2. The van der Waals surface area contributed by atoms with Gasteiger partial charge in [-0.25, -0.2) is 4.39 Å². The smallest absolute Gasteiger partial charge is 0.168 e. The number of ether oxygens (including phenoxy) is 1. The van der Waals surface area contributed by atoms with Crippen LogP contribution in [0.5, 0.6) is 5.75 Å². The minimum Gasteiger partial charge on any atom is -0.492 e. The van der Waals surface area contributed by atoms with Gasteiger partial charge in [0.25, 0.3) is 0 Å². The summed E-state index contributed by atoms with van der Waals surface area (Å²) in [5.74, 6) is -0.274. The minimum absolute atomic E-state index is 0.176. The van der Waals surface area contributed by atoms with E-state index in [2.05, 4.69) is 20.8 Å². The molecule has 0 atom stereocenters. The number of likely N-dealkylation sites (tertiary alicyclic amines) is 1. The Bertz CT molecular complexity index is 422.